The summed E-state index contributed by atoms with van der Waals surface area (Å²) in [6, 6.07) is 0.772. The van der Waals surface area contributed by atoms with Gasteiger partial charge in [-0.15, -0.1) is 11.3 Å². The van der Waals surface area contributed by atoms with Crippen molar-refractivity contribution in [2.75, 3.05) is 0 Å². The number of nitrogens with zero attached hydrogens (tertiary/aromatic N) is 1. The van der Waals surface area contributed by atoms with Crippen LogP contribution in [0, 0.1) is 0 Å². The van der Waals surface area contributed by atoms with Crippen molar-refractivity contribution in [2.45, 2.75) is 45.2 Å². The summed E-state index contributed by atoms with van der Waals surface area (Å²) in [6.45, 7) is 3.14. The van der Waals surface area contributed by atoms with E-state index in [9.17, 15) is 0 Å². The summed E-state index contributed by atoms with van der Waals surface area (Å²) < 4.78 is 0. The normalized spacial score (nSPS) is 17.3. The van der Waals surface area contributed by atoms with Crippen molar-refractivity contribution in [1.82, 2.24) is 10.3 Å². The second kappa shape index (κ2) is 4.20. The second-order valence-electron chi connectivity index (χ2n) is 3.58. The van der Waals surface area contributed by atoms with Crippen LogP contribution in [0.3, 0.4) is 0 Å². The first kappa shape index (κ1) is 9.16. The van der Waals surface area contributed by atoms with E-state index in [1.54, 1.807) is 0 Å². The van der Waals surface area contributed by atoms with Gasteiger partial charge in [0.05, 0.1) is 0 Å². The maximum Gasteiger partial charge on any atom is 0.107 e. The van der Waals surface area contributed by atoms with Crippen molar-refractivity contribution in [2.24, 2.45) is 0 Å². The zero-order chi connectivity index (χ0) is 9.10. The van der Waals surface area contributed by atoms with E-state index >= 15 is 0 Å². The van der Waals surface area contributed by atoms with Gasteiger partial charge in [0.1, 0.15) is 5.01 Å². The Morgan fingerprint density at radius 3 is 3.00 bits per heavy atom. The van der Waals surface area contributed by atoms with Crippen LogP contribution in [0.1, 0.15) is 36.1 Å². The van der Waals surface area contributed by atoms with Gasteiger partial charge in [0, 0.05) is 23.7 Å². The Labute approximate surface area is 83.4 Å². The summed E-state index contributed by atoms with van der Waals surface area (Å²) in [4.78, 5) is 5.77. The molecule has 0 aromatic carbocycles. The molecule has 0 spiro atoms. The summed E-state index contributed by atoms with van der Waals surface area (Å²) in [5, 5.41) is 4.76. The maximum atomic E-state index is 4.37. The van der Waals surface area contributed by atoms with Gasteiger partial charge in [-0.2, -0.15) is 0 Å². The maximum absolute atomic E-state index is 4.37. The molecule has 13 heavy (non-hydrogen) atoms. The number of rotatable bonds is 4. The predicted octanol–water partition coefficient (Wildman–Crippen LogP) is 2.35. The van der Waals surface area contributed by atoms with Gasteiger partial charge in [-0.1, -0.05) is 13.3 Å². The second-order valence-corrected chi connectivity index (χ2v) is 4.78. The standard InChI is InChI=1S/C10H16N2S/c1-2-9-6-12-10(13-9)7-11-8-4-3-5-8/h6,8,11H,2-5,7H2,1H3. The minimum Gasteiger partial charge on any atom is -0.308 e. The molecule has 1 aliphatic carbocycles. The van der Waals surface area contributed by atoms with Crippen LogP contribution >= 0.6 is 11.3 Å². The molecule has 3 heteroatoms. The highest BCUT2D eigenvalue weighted by molar-refractivity contribution is 7.11. The lowest BCUT2D eigenvalue weighted by atomic mass is 9.93. The van der Waals surface area contributed by atoms with E-state index in [0.717, 1.165) is 19.0 Å². The summed E-state index contributed by atoms with van der Waals surface area (Å²) in [5.41, 5.74) is 0. The van der Waals surface area contributed by atoms with Gasteiger partial charge < -0.3 is 5.32 Å². The van der Waals surface area contributed by atoms with Crippen LogP contribution in [0.25, 0.3) is 0 Å². The van der Waals surface area contributed by atoms with E-state index in [-0.39, 0.29) is 0 Å². The zero-order valence-electron chi connectivity index (χ0n) is 8.05. The van der Waals surface area contributed by atoms with Gasteiger partial charge in [-0.05, 0) is 19.3 Å². The molecule has 0 saturated heterocycles. The topological polar surface area (TPSA) is 24.9 Å². The fourth-order valence-corrected chi connectivity index (χ4v) is 2.25. The van der Waals surface area contributed by atoms with Crippen LogP contribution in [-0.4, -0.2) is 11.0 Å². The highest BCUT2D eigenvalue weighted by Crippen LogP contribution is 2.19. The summed E-state index contributed by atoms with van der Waals surface area (Å²) >= 11 is 1.84. The Bertz CT molecular complexity index is 266. The third-order valence-corrected chi connectivity index (χ3v) is 3.74. The molecular weight excluding hydrogens is 180 g/mol. The molecule has 1 aromatic heterocycles. The van der Waals surface area contributed by atoms with Gasteiger partial charge in [0.15, 0.2) is 0 Å². The molecule has 1 aliphatic rings. The number of hydrogen-bond acceptors (Lipinski definition) is 3. The molecule has 0 bridgehead atoms. The first-order valence-electron chi connectivity index (χ1n) is 5.05. The number of nitrogens with one attached hydrogen (secondary N) is 1. The molecule has 1 aromatic rings. The van der Waals surface area contributed by atoms with E-state index in [2.05, 4.69) is 17.2 Å². The third kappa shape index (κ3) is 2.29. The molecule has 1 saturated carbocycles. The lowest BCUT2D eigenvalue weighted by Crippen LogP contribution is -2.34. The van der Waals surface area contributed by atoms with Crippen molar-refractivity contribution in [1.29, 1.82) is 0 Å². The quantitative estimate of drug-likeness (QED) is 0.799. The van der Waals surface area contributed by atoms with E-state index < -0.39 is 0 Å². The molecule has 0 atom stereocenters. The molecule has 1 N–H and O–H groups in total. The van der Waals surface area contributed by atoms with Crippen molar-refractivity contribution in [3.63, 3.8) is 0 Å². The summed E-state index contributed by atoms with van der Waals surface area (Å²) in [6.07, 6.45) is 7.22. The Balaban J connectivity index is 1.79. The zero-order valence-corrected chi connectivity index (χ0v) is 8.86. The van der Waals surface area contributed by atoms with Crippen molar-refractivity contribution >= 4 is 11.3 Å². The Hall–Kier alpha value is -0.410. The Morgan fingerprint density at radius 1 is 1.62 bits per heavy atom. The van der Waals surface area contributed by atoms with Gasteiger partial charge >= 0.3 is 0 Å². The Kier molecular flexibility index (Phi) is 2.96. The highest BCUT2D eigenvalue weighted by atomic mass is 32.1. The smallest absolute Gasteiger partial charge is 0.107 e. The van der Waals surface area contributed by atoms with Crippen LogP contribution in [0.4, 0.5) is 0 Å². The average molecular weight is 196 g/mol. The minimum atomic E-state index is 0.772. The van der Waals surface area contributed by atoms with Gasteiger partial charge in [-0.25, -0.2) is 4.98 Å². The predicted molar refractivity (Wildman–Crippen MR) is 56.0 cm³/mol. The lowest BCUT2D eigenvalue weighted by Gasteiger charge is -2.25. The van der Waals surface area contributed by atoms with Crippen LogP contribution in [-0.2, 0) is 13.0 Å². The van der Waals surface area contributed by atoms with E-state index in [4.69, 9.17) is 0 Å². The number of aromatic nitrogens is 1. The van der Waals surface area contributed by atoms with E-state index in [1.807, 2.05) is 17.5 Å². The average Bonchev–Trinajstić information content (AvgIpc) is 2.49. The van der Waals surface area contributed by atoms with Crippen LogP contribution in [0.2, 0.25) is 0 Å². The molecule has 2 nitrogen and oxygen atoms in total. The van der Waals surface area contributed by atoms with Crippen LogP contribution in [0.5, 0.6) is 0 Å². The van der Waals surface area contributed by atoms with Gasteiger partial charge in [0.2, 0.25) is 0 Å². The SMILES string of the molecule is CCc1cnc(CNC2CCC2)s1. The van der Waals surface area contributed by atoms with Crippen molar-refractivity contribution in [3.05, 3.63) is 16.1 Å². The van der Waals surface area contributed by atoms with Crippen molar-refractivity contribution in [3.8, 4) is 0 Å². The molecule has 0 aliphatic heterocycles. The molecule has 1 heterocycles. The fraction of sp³-hybridized carbons (Fsp3) is 0.700. The number of thiazole rings is 1. The highest BCUT2D eigenvalue weighted by Gasteiger charge is 2.16. The molecule has 1 fully saturated rings. The van der Waals surface area contributed by atoms with Gasteiger partial charge in [-0.3, -0.25) is 0 Å². The molecule has 72 valence electrons. The van der Waals surface area contributed by atoms with E-state index in [1.165, 1.54) is 29.1 Å². The number of hydrogen-bond donors (Lipinski definition) is 1. The van der Waals surface area contributed by atoms with E-state index in [0.29, 0.717) is 0 Å². The first-order valence-corrected chi connectivity index (χ1v) is 5.87. The fourth-order valence-electron chi connectivity index (χ4n) is 1.44. The van der Waals surface area contributed by atoms with Crippen molar-refractivity contribution < 1.29 is 0 Å². The molecule has 0 amide bonds. The molecule has 0 radical (unpaired) electrons. The number of aryl methyl sites for hydroxylation is 1. The minimum absolute atomic E-state index is 0.772. The van der Waals surface area contributed by atoms with Crippen LogP contribution < -0.4 is 5.32 Å². The third-order valence-electron chi connectivity index (χ3n) is 2.60. The molecular formula is C10H16N2S. The molecule has 2 rings (SSSR count). The summed E-state index contributed by atoms with van der Waals surface area (Å²) in [7, 11) is 0. The largest absolute Gasteiger partial charge is 0.308 e. The van der Waals surface area contributed by atoms with Crippen LogP contribution in [0.15, 0.2) is 6.20 Å². The van der Waals surface area contributed by atoms with Gasteiger partial charge in [0.25, 0.3) is 0 Å². The first-order chi connectivity index (χ1) is 6.38. The lowest BCUT2D eigenvalue weighted by molar-refractivity contribution is 0.338. The Morgan fingerprint density at radius 2 is 2.46 bits per heavy atom. The molecule has 0 unspecified atom stereocenters. The monoisotopic (exact) mass is 196 g/mol. The summed E-state index contributed by atoms with van der Waals surface area (Å²) in [5.74, 6) is 0.